The second-order valence-electron chi connectivity index (χ2n) is 7.67. The van der Waals surface area contributed by atoms with E-state index in [0.29, 0.717) is 5.54 Å². The maximum absolute atomic E-state index is 5.64. The number of nitrogens with one attached hydrogen (secondary N) is 1. The Bertz CT molecular complexity index is 625. The summed E-state index contributed by atoms with van der Waals surface area (Å²) in [6, 6.07) is 4.10. The maximum atomic E-state index is 5.64. The lowest BCUT2D eigenvalue weighted by Crippen LogP contribution is -2.58. The van der Waals surface area contributed by atoms with Crippen LogP contribution in [0.3, 0.4) is 0 Å². The SMILES string of the molecule is c1csc(-c2nc(CNC34CC5CC(CC(C5)C3)C4)co2)c1. The minimum absolute atomic E-state index is 0.400. The highest BCUT2D eigenvalue weighted by atomic mass is 32.1. The van der Waals surface area contributed by atoms with E-state index in [0.717, 1.165) is 40.8 Å². The Kier molecular flexibility index (Phi) is 2.99. The quantitative estimate of drug-likeness (QED) is 0.905. The van der Waals surface area contributed by atoms with Crippen molar-refractivity contribution in [1.29, 1.82) is 0 Å². The summed E-state index contributed by atoms with van der Waals surface area (Å²) >= 11 is 1.68. The Morgan fingerprint density at radius 1 is 1.18 bits per heavy atom. The van der Waals surface area contributed by atoms with Gasteiger partial charge in [-0.05, 0) is 67.7 Å². The third-order valence-corrected chi connectivity index (χ3v) is 6.82. The van der Waals surface area contributed by atoms with Crippen molar-refractivity contribution in [3.63, 3.8) is 0 Å². The molecule has 6 rings (SSSR count). The molecule has 0 atom stereocenters. The Morgan fingerprint density at radius 3 is 2.55 bits per heavy atom. The Morgan fingerprint density at radius 2 is 1.91 bits per heavy atom. The van der Waals surface area contributed by atoms with Crippen LogP contribution >= 0.6 is 11.3 Å². The molecule has 0 aliphatic heterocycles. The summed E-state index contributed by atoms with van der Waals surface area (Å²) in [6.07, 6.45) is 10.5. The van der Waals surface area contributed by atoms with Crippen LogP contribution in [0.5, 0.6) is 0 Å². The van der Waals surface area contributed by atoms with Crippen LogP contribution in [0.2, 0.25) is 0 Å². The van der Waals surface area contributed by atoms with Crippen molar-refractivity contribution in [2.75, 3.05) is 0 Å². The van der Waals surface area contributed by atoms with Gasteiger partial charge in [0.05, 0.1) is 10.6 Å². The first-order chi connectivity index (χ1) is 10.8. The molecule has 22 heavy (non-hydrogen) atoms. The van der Waals surface area contributed by atoms with E-state index >= 15 is 0 Å². The van der Waals surface area contributed by atoms with E-state index in [9.17, 15) is 0 Å². The van der Waals surface area contributed by atoms with E-state index in [1.54, 1.807) is 11.3 Å². The first-order valence-corrected chi connectivity index (χ1v) is 9.39. The fraction of sp³-hybridized carbons (Fsp3) is 0.611. The van der Waals surface area contributed by atoms with Gasteiger partial charge in [0.15, 0.2) is 0 Å². The van der Waals surface area contributed by atoms with Crippen molar-refractivity contribution in [2.45, 2.75) is 50.6 Å². The Balaban J connectivity index is 1.29. The molecule has 1 N–H and O–H groups in total. The molecule has 2 aromatic rings. The van der Waals surface area contributed by atoms with Gasteiger partial charge in [0.1, 0.15) is 6.26 Å². The van der Waals surface area contributed by atoms with Crippen molar-refractivity contribution >= 4 is 11.3 Å². The molecule has 4 heteroatoms. The molecule has 0 radical (unpaired) electrons. The van der Waals surface area contributed by atoms with Crippen LogP contribution in [-0.4, -0.2) is 10.5 Å². The predicted molar refractivity (Wildman–Crippen MR) is 87.6 cm³/mol. The first kappa shape index (κ1) is 13.3. The smallest absolute Gasteiger partial charge is 0.236 e. The van der Waals surface area contributed by atoms with Gasteiger partial charge in [-0.2, -0.15) is 0 Å². The summed E-state index contributed by atoms with van der Waals surface area (Å²) in [7, 11) is 0. The molecule has 4 aliphatic carbocycles. The molecule has 0 spiro atoms. The number of rotatable bonds is 4. The van der Waals surface area contributed by atoms with Crippen LogP contribution < -0.4 is 5.32 Å². The molecule has 0 aromatic carbocycles. The molecule has 0 unspecified atom stereocenters. The monoisotopic (exact) mass is 314 g/mol. The van der Waals surface area contributed by atoms with Crippen LogP contribution in [0.4, 0.5) is 0 Å². The van der Waals surface area contributed by atoms with Crippen LogP contribution in [0.25, 0.3) is 10.8 Å². The fourth-order valence-electron chi connectivity index (χ4n) is 5.51. The second-order valence-corrected chi connectivity index (χ2v) is 8.62. The van der Waals surface area contributed by atoms with E-state index < -0.39 is 0 Å². The molecule has 116 valence electrons. The highest BCUT2D eigenvalue weighted by Gasteiger charge is 2.50. The molecule has 4 bridgehead atoms. The second kappa shape index (κ2) is 4.93. The highest BCUT2D eigenvalue weighted by molar-refractivity contribution is 7.13. The largest absolute Gasteiger partial charge is 0.444 e. The van der Waals surface area contributed by atoms with Gasteiger partial charge >= 0.3 is 0 Å². The number of thiophene rings is 1. The van der Waals surface area contributed by atoms with E-state index in [2.05, 4.69) is 21.7 Å². The van der Waals surface area contributed by atoms with Crippen LogP contribution in [0.1, 0.15) is 44.2 Å². The maximum Gasteiger partial charge on any atom is 0.236 e. The summed E-state index contributed by atoms with van der Waals surface area (Å²) in [5.74, 6) is 3.71. The molecular formula is C18H22N2OS. The molecule has 0 amide bonds. The zero-order chi connectivity index (χ0) is 14.6. The van der Waals surface area contributed by atoms with Gasteiger partial charge in [-0.3, -0.25) is 0 Å². The fourth-order valence-corrected chi connectivity index (χ4v) is 6.16. The van der Waals surface area contributed by atoms with Crippen molar-refractivity contribution in [3.8, 4) is 10.8 Å². The lowest BCUT2D eigenvalue weighted by molar-refractivity contribution is -0.0207. The molecule has 2 heterocycles. The summed E-state index contributed by atoms with van der Waals surface area (Å²) in [5.41, 5.74) is 1.44. The third kappa shape index (κ3) is 2.24. The standard InChI is InChI=1S/C18H22N2OS/c1-2-16(22-3-1)17-20-15(11-21-17)10-19-18-7-12-4-13(8-18)6-14(5-12)9-18/h1-3,11-14,19H,4-10H2. The van der Waals surface area contributed by atoms with Crippen molar-refractivity contribution in [2.24, 2.45) is 17.8 Å². The van der Waals surface area contributed by atoms with Gasteiger partial charge in [0.2, 0.25) is 5.89 Å². The van der Waals surface area contributed by atoms with Crippen LogP contribution in [0.15, 0.2) is 28.2 Å². The van der Waals surface area contributed by atoms with E-state index in [4.69, 9.17) is 4.42 Å². The first-order valence-electron chi connectivity index (χ1n) is 8.51. The Hall–Kier alpha value is -1.13. The average Bonchev–Trinajstić information content (AvgIpc) is 3.15. The van der Waals surface area contributed by atoms with Crippen molar-refractivity contribution < 1.29 is 4.42 Å². The number of hydrogen-bond donors (Lipinski definition) is 1. The number of aromatic nitrogens is 1. The topological polar surface area (TPSA) is 38.1 Å². The normalized spacial score (nSPS) is 36.1. The lowest BCUT2D eigenvalue weighted by Gasteiger charge is -2.57. The predicted octanol–water partition coefficient (Wildman–Crippen LogP) is 4.46. The molecule has 2 aromatic heterocycles. The lowest BCUT2D eigenvalue weighted by atomic mass is 9.53. The van der Waals surface area contributed by atoms with Gasteiger partial charge in [0, 0.05) is 12.1 Å². The minimum Gasteiger partial charge on any atom is -0.444 e. The van der Waals surface area contributed by atoms with Crippen molar-refractivity contribution in [1.82, 2.24) is 10.3 Å². The molecule has 3 nitrogen and oxygen atoms in total. The van der Waals surface area contributed by atoms with Gasteiger partial charge in [-0.15, -0.1) is 11.3 Å². The van der Waals surface area contributed by atoms with Crippen LogP contribution in [0, 0.1) is 17.8 Å². The third-order valence-electron chi connectivity index (χ3n) is 5.97. The van der Waals surface area contributed by atoms with E-state index in [1.165, 1.54) is 38.5 Å². The molecule has 4 aliphatic rings. The number of nitrogens with zero attached hydrogens (tertiary/aromatic N) is 1. The van der Waals surface area contributed by atoms with E-state index in [1.807, 2.05) is 12.3 Å². The van der Waals surface area contributed by atoms with Gasteiger partial charge in [-0.25, -0.2) is 4.98 Å². The average molecular weight is 314 g/mol. The summed E-state index contributed by atoms with van der Waals surface area (Å²) in [5, 5.41) is 5.95. The zero-order valence-corrected chi connectivity index (χ0v) is 13.6. The van der Waals surface area contributed by atoms with Crippen LogP contribution in [-0.2, 0) is 6.54 Å². The molecular weight excluding hydrogens is 292 g/mol. The van der Waals surface area contributed by atoms with E-state index in [-0.39, 0.29) is 0 Å². The summed E-state index contributed by atoms with van der Waals surface area (Å²) in [6.45, 7) is 0.848. The van der Waals surface area contributed by atoms with Crippen molar-refractivity contribution in [3.05, 3.63) is 29.5 Å². The van der Waals surface area contributed by atoms with Gasteiger partial charge < -0.3 is 9.73 Å². The van der Waals surface area contributed by atoms with Gasteiger partial charge in [0.25, 0.3) is 0 Å². The molecule has 4 fully saturated rings. The zero-order valence-electron chi connectivity index (χ0n) is 12.8. The molecule has 4 saturated carbocycles. The highest BCUT2D eigenvalue weighted by Crippen LogP contribution is 2.55. The minimum atomic E-state index is 0.400. The number of oxazole rings is 1. The van der Waals surface area contributed by atoms with Gasteiger partial charge in [-0.1, -0.05) is 6.07 Å². The summed E-state index contributed by atoms with van der Waals surface area (Å²) < 4.78 is 5.64. The number of hydrogen-bond acceptors (Lipinski definition) is 4. The Labute approximate surface area is 135 Å². The molecule has 0 saturated heterocycles. The summed E-state index contributed by atoms with van der Waals surface area (Å²) in [4.78, 5) is 5.76.